The minimum absolute atomic E-state index is 0.137. The molecule has 0 aliphatic heterocycles. The maximum Gasteiger partial charge on any atom is 0.223 e. The molecule has 1 aliphatic carbocycles. The van der Waals surface area contributed by atoms with Gasteiger partial charge in [-0.25, -0.2) is 0 Å². The molecule has 0 aromatic heterocycles. The van der Waals surface area contributed by atoms with Gasteiger partial charge in [0.15, 0.2) is 0 Å². The molecule has 0 bridgehead atoms. The van der Waals surface area contributed by atoms with Crippen molar-refractivity contribution >= 4 is 5.91 Å². The number of rotatable bonds is 5. The smallest absolute Gasteiger partial charge is 0.223 e. The first-order valence-electron chi connectivity index (χ1n) is 7.44. The topological polar surface area (TPSA) is 55.1 Å². The van der Waals surface area contributed by atoms with Gasteiger partial charge in [-0.2, -0.15) is 0 Å². The maximum atomic E-state index is 11.9. The van der Waals surface area contributed by atoms with E-state index in [1.165, 1.54) is 5.56 Å². The molecule has 1 aromatic carbocycles. The first-order valence-corrected chi connectivity index (χ1v) is 7.44. The van der Waals surface area contributed by atoms with Crippen LogP contribution in [0.15, 0.2) is 24.3 Å². The summed E-state index contributed by atoms with van der Waals surface area (Å²) in [5, 5.41) is 2.97. The molecule has 20 heavy (non-hydrogen) atoms. The largest absolute Gasteiger partial charge is 0.354 e. The fraction of sp³-hybridized carbons (Fsp3) is 0.588. The Labute approximate surface area is 121 Å². The lowest BCUT2D eigenvalue weighted by molar-refractivity contribution is -0.123. The number of amides is 1. The molecule has 0 radical (unpaired) electrons. The molecule has 2 unspecified atom stereocenters. The highest BCUT2D eigenvalue weighted by Gasteiger charge is 2.50. The fourth-order valence-electron chi connectivity index (χ4n) is 2.49. The molecule has 1 saturated carbocycles. The van der Waals surface area contributed by atoms with E-state index in [2.05, 4.69) is 57.3 Å². The Kier molecular flexibility index (Phi) is 4.19. The number of benzene rings is 1. The number of hydrogen-bond donors (Lipinski definition) is 2. The molecular formula is C17H26N2O. The number of nitrogens with one attached hydrogen (secondary N) is 1. The summed E-state index contributed by atoms with van der Waals surface area (Å²) in [6.45, 7) is 9.11. The number of hydrogen-bond acceptors (Lipinski definition) is 2. The fourth-order valence-corrected chi connectivity index (χ4v) is 2.49. The molecule has 1 fully saturated rings. The molecule has 3 nitrogen and oxygen atoms in total. The Hall–Kier alpha value is -1.35. The predicted molar refractivity (Wildman–Crippen MR) is 82.4 cm³/mol. The van der Waals surface area contributed by atoms with Gasteiger partial charge in [-0.05, 0) is 28.9 Å². The lowest BCUT2D eigenvalue weighted by Gasteiger charge is -2.15. The minimum Gasteiger partial charge on any atom is -0.354 e. The van der Waals surface area contributed by atoms with Crippen LogP contribution in [0, 0.1) is 11.3 Å². The van der Waals surface area contributed by atoms with E-state index < -0.39 is 0 Å². The first-order chi connectivity index (χ1) is 9.31. The molecule has 0 heterocycles. The van der Waals surface area contributed by atoms with Crippen molar-refractivity contribution < 1.29 is 4.79 Å². The van der Waals surface area contributed by atoms with Gasteiger partial charge >= 0.3 is 0 Å². The average Bonchev–Trinajstić information content (AvgIpc) is 3.05. The highest BCUT2D eigenvalue weighted by Crippen LogP contribution is 2.51. The van der Waals surface area contributed by atoms with Gasteiger partial charge in [0.05, 0.1) is 0 Å². The molecule has 1 amide bonds. The van der Waals surface area contributed by atoms with Crippen molar-refractivity contribution in [1.29, 1.82) is 0 Å². The van der Waals surface area contributed by atoms with Crippen LogP contribution in [0.25, 0.3) is 0 Å². The summed E-state index contributed by atoms with van der Waals surface area (Å²) in [5.41, 5.74) is 8.70. The van der Waals surface area contributed by atoms with E-state index >= 15 is 0 Å². The molecule has 2 atom stereocenters. The van der Waals surface area contributed by atoms with Crippen LogP contribution in [-0.2, 0) is 4.79 Å². The number of nitrogens with two attached hydrogens (primary N) is 1. The van der Waals surface area contributed by atoms with Crippen LogP contribution >= 0.6 is 0 Å². The molecule has 0 saturated heterocycles. The van der Waals surface area contributed by atoms with Crippen LogP contribution in [0.4, 0.5) is 0 Å². The van der Waals surface area contributed by atoms with Crippen LogP contribution in [0.1, 0.15) is 57.2 Å². The Morgan fingerprint density at radius 1 is 1.30 bits per heavy atom. The van der Waals surface area contributed by atoms with Crippen molar-refractivity contribution in [1.82, 2.24) is 5.32 Å². The van der Waals surface area contributed by atoms with Crippen molar-refractivity contribution in [2.24, 2.45) is 17.1 Å². The van der Waals surface area contributed by atoms with E-state index in [4.69, 9.17) is 5.73 Å². The maximum absolute atomic E-state index is 11.9. The minimum atomic E-state index is -0.137. The monoisotopic (exact) mass is 274 g/mol. The third-order valence-corrected chi connectivity index (χ3v) is 4.36. The van der Waals surface area contributed by atoms with Crippen LogP contribution in [0.2, 0.25) is 0 Å². The highest BCUT2D eigenvalue weighted by molar-refractivity contribution is 5.82. The van der Waals surface area contributed by atoms with E-state index in [1.807, 2.05) is 0 Å². The summed E-state index contributed by atoms with van der Waals surface area (Å²) in [6.07, 6.45) is 0.983. The number of carbonyl (C=O) groups is 1. The van der Waals surface area contributed by atoms with Crippen LogP contribution < -0.4 is 11.1 Å². The molecule has 1 aliphatic rings. The van der Waals surface area contributed by atoms with Crippen LogP contribution in [0.3, 0.4) is 0 Å². The van der Waals surface area contributed by atoms with Gasteiger partial charge in [0.25, 0.3) is 0 Å². The van der Waals surface area contributed by atoms with Crippen molar-refractivity contribution in [2.75, 3.05) is 6.54 Å². The summed E-state index contributed by atoms with van der Waals surface area (Å²) >= 11 is 0. The summed E-state index contributed by atoms with van der Waals surface area (Å²) in [7, 11) is 0. The van der Waals surface area contributed by atoms with Gasteiger partial charge in [-0.3, -0.25) is 4.79 Å². The summed E-state index contributed by atoms with van der Waals surface area (Å²) in [6, 6.07) is 8.22. The number of carbonyl (C=O) groups excluding carboxylic acids is 1. The second-order valence-corrected chi connectivity index (χ2v) is 6.92. The van der Waals surface area contributed by atoms with Gasteiger partial charge in [-0.1, -0.05) is 52.0 Å². The van der Waals surface area contributed by atoms with Crippen molar-refractivity contribution in [3.63, 3.8) is 0 Å². The van der Waals surface area contributed by atoms with E-state index in [0.717, 1.165) is 12.0 Å². The Bertz CT molecular complexity index is 476. The quantitative estimate of drug-likeness (QED) is 0.867. The van der Waals surface area contributed by atoms with Crippen LogP contribution in [-0.4, -0.2) is 12.5 Å². The highest BCUT2D eigenvalue weighted by atomic mass is 16.2. The molecule has 3 heteroatoms. The van der Waals surface area contributed by atoms with Gasteiger partial charge < -0.3 is 11.1 Å². The Morgan fingerprint density at radius 2 is 1.80 bits per heavy atom. The van der Waals surface area contributed by atoms with E-state index in [0.29, 0.717) is 12.5 Å². The lowest BCUT2D eigenvalue weighted by Crippen LogP contribution is -2.33. The molecule has 1 aromatic rings. The zero-order valence-corrected chi connectivity index (χ0v) is 12.9. The van der Waals surface area contributed by atoms with Gasteiger partial charge in [0.2, 0.25) is 5.91 Å². The first kappa shape index (κ1) is 15.0. The molecule has 3 N–H and O–H groups in total. The third-order valence-electron chi connectivity index (χ3n) is 4.36. The predicted octanol–water partition coefficient (Wildman–Crippen LogP) is 2.97. The summed E-state index contributed by atoms with van der Waals surface area (Å²) < 4.78 is 0. The van der Waals surface area contributed by atoms with Crippen LogP contribution in [0.5, 0.6) is 0 Å². The lowest BCUT2D eigenvalue weighted by atomic mass is 9.99. The van der Waals surface area contributed by atoms with E-state index in [1.54, 1.807) is 0 Å². The molecule has 0 spiro atoms. The second kappa shape index (κ2) is 5.57. The van der Waals surface area contributed by atoms with Gasteiger partial charge in [-0.15, -0.1) is 0 Å². The second-order valence-electron chi connectivity index (χ2n) is 6.92. The Balaban J connectivity index is 1.85. The molecule has 110 valence electrons. The van der Waals surface area contributed by atoms with Gasteiger partial charge in [0, 0.05) is 18.5 Å². The summed E-state index contributed by atoms with van der Waals surface area (Å²) in [5.74, 6) is 0.833. The zero-order chi connectivity index (χ0) is 14.9. The summed E-state index contributed by atoms with van der Waals surface area (Å²) in [4.78, 5) is 11.9. The SMILES string of the molecule is CC(C)c1ccc(C(N)CNC(=O)C2CC2(C)C)cc1. The van der Waals surface area contributed by atoms with E-state index in [9.17, 15) is 4.79 Å². The van der Waals surface area contributed by atoms with E-state index in [-0.39, 0.29) is 23.3 Å². The van der Waals surface area contributed by atoms with Crippen molar-refractivity contribution in [3.05, 3.63) is 35.4 Å². The normalized spacial score (nSPS) is 21.6. The molecule has 2 rings (SSSR count). The zero-order valence-electron chi connectivity index (χ0n) is 12.9. The Morgan fingerprint density at radius 3 is 2.25 bits per heavy atom. The van der Waals surface area contributed by atoms with Gasteiger partial charge in [0.1, 0.15) is 0 Å². The standard InChI is InChI=1S/C17H26N2O/c1-11(2)12-5-7-13(8-6-12)15(18)10-19-16(20)14-9-17(14,3)4/h5-8,11,14-15H,9-10,18H2,1-4H3,(H,19,20). The average molecular weight is 274 g/mol. The third kappa shape index (κ3) is 3.40. The van der Waals surface area contributed by atoms with Crippen molar-refractivity contribution in [2.45, 2.75) is 46.1 Å². The molecular weight excluding hydrogens is 248 g/mol. The van der Waals surface area contributed by atoms with Crippen molar-refractivity contribution in [3.8, 4) is 0 Å².